The van der Waals surface area contributed by atoms with Crippen LogP contribution in [0.15, 0.2) is 15.9 Å². The van der Waals surface area contributed by atoms with E-state index in [4.69, 9.17) is 10.6 Å². The largest absolute Gasteiger partial charge is 0.381 e. The van der Waals surface area contributed by atoms with E-state index in [1.54, 1.807) is 11.3 Å². The van der Waals surface area contributed by atoms with Crippen LogP contribution in [0.25, 0.3) is 0 Å². The second-order valence-electron chi connectivity index (χ2n) is 3.81. The van der Waals surface area contributed by atoms with Gasteiger partial charge in [-0.15, -0.1) is 11.3 Å². The van der Waals surface area contributed by atoms with Crippen molar-refractivity contribution >= 4 is 27.3 Å². The maximum absolute atomic E-state index is 5.59. The van der Waals surface area contributed by atoms with Crippen molar-refractivity contribution in [1.82, 2.24) is 5.43 Å². The second-order valence-corrected chi connectivity index (χ2v) is 6.35. The molecule has 0 aliphatic carbocycles. The number of rotatable bonds is 4. The number of ether oxygens (including phenoxy) is 1. The molecule has 84 valence electrons. The molecule has 2 rings (SSSR count). The van der Waals surface area contributed by atoms with Crippen LogP contribution in [-0.2, 0) is 11.2 Å². The summed E-state index contributed by atoms with van der Waals surface area (Å²) in [5.41, 5.74) is 2.91. The predicted octanol–water partition coefficient (Wildman–Crippen LogP) is 1.92. The number of nitrogens with one attached hydrogen (secondary N) is 1. The van der Waals surface area contributed by atoms with Gasteiger partial charge in [0.15, 0.2) is 0 Å². The molecule has 2 atom stereocenters. The molecule has 1 aromatic rings. The Morgan fingerprint density at radius 2 is 2.53 bits per heavy atom. The molecule has 1 aromatic heterocycles. The third kappa shape index (κ3) is 3.01. The van der Waals surface area contributed by atoms with Crippen LogP contribution in [0, 0.1) is 5.92 Å². The molecule has 3 N–H and O–H groups in total. The van der Waals surface area contributed by atoms with Gasteiger partial charge in [-0.1, -0.05) is 0 Å². The molecular formula is C10H15BrN2OS. The third-order valence-electron chi connectivity index (χ3n) is 2.80. The van der Waals surface area contributed by atoms with Gasteiger partial charge >= 0.3 is 0 Å². The highest BCUT2D eigenvalue weighted by Gasteiger charge is 2.25. The SMILES string of the molecule is NNC(Cc1ccc(Br)s1)C1CCOC1. The van der Waals surface area contributed by atoms with Crippen LogP contribution in [0.2, 0.25) is 0 Å². The molecule has 1 fully saturated rings. The van der Waals surface area contributed by atoms with Crippen LogP contribution in [0.1, 0.15) is 11.3 Å². The Hall–Kier alpha value is 0.0600. The number of nitrogens with two attached hydrogens (primary N) is 1. The van der Waals surface area contributed by atoms with E-state index in [0.717, 1.165) is 26.1 Å². The van der Waals surface area contributed by atoms with Gasteiger partial charge in [0.1, 0.15) is 0 Å². The van der Waals surface area contributed by atoms with E-state index in [2.05, 4.69) is 33.5 Å². The van der Waals surface area contributed by atoms with E-state index in [0.29, 0.717) is 12.0 Å². The summed E-state index contributed by atoms with van der Waals surface area (Å²) in [5, 5.41) is 0. The predicted molar refractivity (Wildman–Crippen MR) is 65.8 cm³/mol. The number of hydrogen-bond acceptors (Lipinski definition) is 4. The molecule has 1 aliphatic heterocycles. The van der Waals surface area contributed by atoms with Crippen molar-refractivity contribution in [2.24, 2.45) is 11.8 Å². The summed E-state index contributed by atoms with van der Waals surface area (Å²) in [6, 6.07) is 4.56. The van der Waals surface area contributed by atoms with Crippen molar-refractivity contribution in [2.75, 3.05) is 13.2 Å². The van der Waals surface area contributed by atoms with Crippen LogP contribution in [0.4, 0.5) is 0 Å². The molecule has 2 unspecified atom stereocenters. The fourth-order valence-electron chi connectivity index (χ4n) is 1.91. The van der Waals surface area contributed by atoms with Gasteiger partial charge < -0.3 is 4.74 Å². The number of halogens is 1. The van der Waals surface area contributed by atoms with Crippen LogP contribution >= 0.6 is 27.3 Å². The number of thiophene rings is 1. The molecule has 1 aliphatic rings. The Morgan fingerprint density at radius 1 is 1.67 bits per heavy atom. The summed E-state index contributed by atoms with van der Waals surface area (Å²) >= 11 is 5.24. The maximum atomic E-state index is 5.59. The third-order valence-corrected chi connectivity index (χ3v) is 4.44. The summed E-state index contributed by atoms with van der Waals surface area (Å²) in [6.07, 6.45) is 2.10. The zero-order valence-electron chi connectivity index (χ0n) is 8.41. The molecule has 1 saturated heterocycles. The highest BCUT2D eigenvalue weighted by molar-refractivity contribution is 9.11. The van der Waals surface area contributed by atoms with Gasteiger partial charge in [-0.25, -0.2) is 0 Å². The van der Waals surface area contributed by atoms with Gasteiger partial charge in [-0.2, -0.15) is 0 Å². The lowest BCUT2D eigenvalue weighted by Crippen LogP contribution is -2.42. The van der Waals surface area contributed by atoms with Crippen LogP contribution in [-0.4, -0.2) is 19.3 Å². The van der Waals surface area contributed by atoms with Gasteiger partial charge in [0, 0.05) is 23.4 Å². The van der Waals surface area contributed by atoms with Gasteiger partial charge in [0.2, 0.25) is 0 Å². The zero-order valence-corrected chi connectivity index (χ0v) is 10.8. The summed E-state index contributed by atoms with van der Waals surface area (Å²) in [6.45, 7) is 1.71. The Balaban J connectivity index is 1.95. The summed E-state index contributed by atoms with van der Waals surface area (Å²) in [5.74, 6) is 6.15. The second kappa shape index (κ2) is 5.41. The molecule has 3 nitrogen and oxygen atoms in total. The Labute approximate surface area is 102 Å². The van der Waals surface area contributed by atoms with Gasteiger partial charge in [-0.05, 0) is 40.9 Å². The minimum absolute atomic E-state index is 0.332. The minimum Gasteiger partial charge on any atom is -0.381 e. The average molecular weight is 291 g/mol. The lowest BCUT2D eigenvalue weighted by molar-refractivity contribution is 0.176. The topological polar surface area (TPSA) is 47.3 Å². The van der Waals surface area contributed by atoms with E-state index in [1.807, 2.05) is 0 Å². The van der Waals surface area contributed by atoms with Crippen LogP contribution in [0.5, 0.6) is 0 Å². The van der Waals surface area contributed by atoms with Gasteiger partial charge in [0.05, 0.1) is 10.4 Å². The molecule has 0 amide bonds. The highest BCUT2D eigenvalue weighted by Crippen LogP contribution is 2.26. The normalized spacial score (nSPS) is 23.2. The first-order valence-electron chi connectivity index (χ1n) is 5.07. The average Bonchev–Trinajstić information content (AvgIpc) is 2.85. The van der Waals surface area contributed by atoms with Crippen molar-refractivity contribution in [3.8, 4) is 0 Å². The van der Waals surface area contributed by atoms with Crippen molar-refractivity contribution in [3.05, 3.63) is 20.8 Å². The first-order valence-corrected chi connectivity index (χ1v) is 6.68. The van der Waals surface area contributed by atoms with Gasteiger partial charge in [-0.3, -0.25) is 11.3 Å². The maximum Gasteiger partial charge on any atom is 0.0701 e. The molecule has 0 saturated carbocycles. The van der Waals surface area contributed by atoms with E-state index in [-0.39, 0.29) is 0 Å². The molecule has 0 aromatic carbocycles. The number of hydrogen-bond donors (Lipinski definition) is 2. The quantitative estimate of drug-likeness (QED) is 0.658. The van der Waals surface area contributed by atoms with Crippen molar-refractivity contribution < 1.29 is 4.74 Å². The molecular weight excluding hydrogens is 276 g/mol. The van der Waals surface area contributed by atoms with E-state index in [1.165, 1.54) is 8.66 Å². The Kier molecular flexibility index (Phi) is 4.16. The van der Waals surface area contributed by atoms with Crippen LogP contribution in [0.3, 0.4) is 0 Å². The molecule has 0 bridgehead atoms. The standard InChI is InChI=1S/C10H15BrN2OS/c11-10-2-1-8(15-10)5-9(13-12)7-3-4-14-6-7/h1-2,7,9,13H,3-6,12H2. The number of hydrazine groups is 1. The fourth-order valence-corrected chi connectivity index (χ4v) is 3.45. The van der Waals surface area contributed by atoms with Crippen LogP contribution < -0.4 is 11.3 Å². The molecule has 2 heterocycles. The van der Waals surface area contributed by atoms with E-state index >= 15 is 0 Å². The smallest absolute Gasteiger partial charge is 0.0701 e. The summed E-state index contributed by atoms with van der Waals surface area (Å²) in [4.78, 5) is 1.36. The first kappa shape index (κ1) is 11.5. The molecule has 15 heavy (non-hydrogen) atoms. The summed E-state index contributed by atoms with van der Waals surface area (Å²) < 4.78 is 6.56. The molecule has 0 radical (unpaired) electrons. The lowest BCUT2D eigenvalue weighted by Gasteiger charge is -2.20. The first-order chi connectivity index (χ1) is 7.29. The van der Waals surface area contributed by atoms with Gasteiger partial charge in [0.25, 0.3) is 0 Å². The molecule has 5 heteroatoms. The zero-order chi connectivity index (χ0) is 10.7. The van der Waals surface area contributed by atoms with Crippen molar-refractivity contribution in [2.45, 2.75) is 18.9 Å². The van der Waals surface area contributed by atoms with Crippen molar-refractivity contribution in [1.29, 1.82) is 0 Å². The fraction of sp³-hybridized carbons (Fsp3) is 0.600. The summed E-state index contributed by atoms with van der Waals surface area (Å²) in [7, 11) is 0. The van der Waals surface area contributed by atoms with E-state index < -0.39 is 0 Å². The lowest BCUT2D eigenvalue weighted by atomic mass is 9.96. The monoisotopic (exact) mass is 290 g/mol. The molecule has 0 spiro atoms. The van der Waals surface area contributed by atoms with Crippen molar-refractivity contribution in [3.63, 3.8) is 0 Å². The van der Waals surface area contributed by atoms with E-state index in [9.17, 15) is 0 Å². The highest BCUT2D eigenvalue weighted by atomic mass is 79.9. The Bertz CT molecular complexity index is 312. The minimum atomic E-state index is 0.332. The Morgan fingerprint density at radius 3 is 3.07 bits per heavy atom.